The molecule has 6 N–H and O–H groups in total. The van der Waals surface area contributed by atoms with E-state index in [9.17, 15) is 41.6 Å². The van der Waals surface area contributed by atoms with Crippen LogP contribution < -0.4 is 26.4 Å². The highest BCUT2D eigenvalue weighted by Crippen LogP contribution is 2.27. The van der Waals surface area contributed by atoms with E-state index in [1.54, 1.807) is 65.0 Å². The molecule has 3 rings (SSSR count). The number of rotatable bonds is 18. The van der Waals surface area contributed by atoms with Gasteiger partial charge >= 0.3 is 0 Å². The number of carbonyl (C=O) groups is 6. The van der Waals surface area contributed by atoms with E-state index < -0.39 is 99.5 Å². The predicted molar refractivity (Wildman–Crippen MR) is 196 cm³/mol. The Hall–Kier alpha value is -4.74. The number of nitrogens with zero attached hydrogens (tertiary/aromatic N) is 1. The Morgan fingerprint density at radius 1 is 0.981 bits per heavy atom. The third-order valence-corrected chi connectivity index (χ3v) is 10.00. The zero-order valence-corrected chi connectivity index (χ0v) is 32.2. The molecule has 0 bridgehead atoms. The van der Waals surface area contributed by atoms with Gasteiger partial charge in [-0.15, -0.1) is 0 Å². The SMILES string of the molecule is CCCCC(NC(=O)[C@@H]1C[C@@H](OC(C)(C)C)CN1C(=O)[C@@H](NS(=O)(=O)c1ccc(F)cc1)C(C)C)C(=O)C(=O)NCC(=O)N[C@H](C(N)=O)c1ccccc1. The summed E-state index contributed by atoms with van der Waals surface area (Å²) in [5, 5.41) is 7.26. The average Bonchev–Trinajstić information content (AvgIpc) is 3.52. The standard InChI is InChI=1S/C37H51FN6O9S/c1-7-8-14-27(32(46)35(49)40-20-29(45)42-31(33(39)47)23-12-10-9-11-13-23)41-34(48)28-19-25(53-37(4,5)6)21-44(28)36(50)30(22(2)3)43-54(51,52)26-17-15-24(38)16-18-26/h9-13,15-18,22,25,27-28,30-31,43H,7-8,14,19-21H2,1-6H3,(H2,39,47)(H,40,49)(H,41,48)(H,42,45)/t25-,27?,28+,30+,31+/m1/s1. The van der Waals surface area contributed by atoms with Crippen molar-refractivity contribution in [2.75, 3.05) is 13.1 Å². The van der Waals surface area contributed by atoms with Gasteiger partial charge in [-0.3, -0.25) is 28.8 Å². The second-order valence-electron chi connectivity index (χ2n) is 14.5. The van der Waals surface area contributed by atoms with Gasteiger partial charge in [-0.1, -0.05) is 63.9 Å². The highest BCUT2D eigenvalue weighted by Gasteiger charge is 2.45. The van der Waals surface area contributed by atoms with Gasteiger partial charge in [0, 0.05) is 13.0 Å². The van der Waals surface area contributed by atoms with Crippen LogP contribution in [0, 0.1) is 11.7 Å². The van der Waals surface area contributed by atoms with Crippen LogP contribution in [0.3, 0.4) is 0 Å². The Kier molecular flexibility index (Phi) is 15.4. The van der Waals surface area contributed by atoms with E-state index in [0.717, 1.165) is 24.3 Å². The number of halogens is 1. The first kappa shape index (κ1) is 43.7. The molecule has 5 amide bonds. The summed E-state index contributed by atoms with van der Waals surface area (Å²) in [4.78, 5) is 80.1. The second-order valence-corrected chi connectivity index (χ2v) is 16.2. The zero-order valence-electron chi connectivity index (χ0n) is 31.4. The first-order valence-electron chi connectivity index (χ1n) is 17.8. The maximum atomic E-state index is 14.1. The number of hydrogen-bond acceptors (Lipinski definition) is 9. The minimum absolute atomic E-state index is 0.00781. The van der Waals surface area contributed by atoms with Crippen molar-refractivity contribution in [1.82, 2.24) is 25.6 Å². The van der Waals surface area contributed by atoms with Crippen molar-refractivity contribution in [3.63, 3.8) is 0 Å². The molecule has 2 aromatic rings. The molecule has 5 atom stereocenters. The number of benzene rings is 2. The summed E-state index contributed by atoms with van der Waals surface area (Å²) in [6, 6.07) is 7.23. The Balaban J connectivity index is 1.79. The molecule has 1 aliphatic heterocycles. The zero-order chi connectivity index (χ0) is 40.4. The Morgan fingerprint density at radius 3 is 2.17 bits per heavy atom. The summed E-state index contributed by atoms with van der Waals surface area (Å²) in [6.45, 7) is 9.75. The van der Waals surface area contributed by atoms with Crippen molar-refractivity contribution in [2.24, 2.45) is 11.7 Å². The van der Waals surface area contributed by atoms with Gasteiger partial charge in [0.25, 0.3) is 5.91 Å². The number of sulfonamides is 1. The first-order valence-corrected chi connectivity index (χ1v) is 19.2. The number of ether oxygens (including phenoxy) is 1. The largest absolute Gasteiger partial charge is 0.371 e. The Morgan fingerprint density at radius 2 is 1.61 bits per heavy atom. The van der Waals surface area contributed by atoms with Crippen LogP contribution in [0.1, 0.15) is 78.8 Å². The molecule has 0 aromatic heterocycles. The third kappa shape index (κ3) is 12.4. The minimum atomic E-state index is -4.30. The number of carbonyl (C=O) groups excluding carboxylic acids is 6. The van der Waals surface area contributed by atoms with Crippen LogP contribution >= 0.6 is 0 Å². The molecule has 54 heavy (non-hydrogen) atoms. The lowest BCUT2D eigenvalue weighted by Gasteiger charge is -2.31. The third-order valence-electron chi connectivity index (χ3n) is 8.54. The van der Waals surface area contributed by atoms with Crippen LogP contribution in [0.15, 0.2) is 59.5 Å². The Labute approximate surface area is 315 Å². The van der Waals surface area contributed by atoms with Crippen LogP contribution in [-0.4, -0.2) is 91.6 Å². The van der Waals surface area contributed by atoms with Gasteiger partial charge in [-0.2, -0.15) is 4.72 Å². The number of nitrogens with two attached hydrogens (primary N) is 1. The van der Waals surface area contributed by atoms with Crippen molar-refractivity contribution >= 4 is 45.3 Å². The number of unbranched alkanes of at least 4 members (excludes halogenated alkanes) is 1. The lowest BCUT2D eigenvalue weighted by atomic mass is 10.0. The van der Waals surface area contributed by atoms with E-state index in [-0.39, 0.29) is 24.3 Å². The molecule has 17 heteroatoms. The van der Waals surface area contributed by atoms with Crippen molar-refractivity contribution in [3.05, 3.63) is 66.0 Å². The molecule has 0 radical (unpaired) electrons. The normalized spacial score (nSPS) is 17.7. The summed E-state index contributed by atoms with van der Waals surface area (Å²) in [5.41, 5.74) is 5.20. The molecule has 1 aliphatic rings. The lowest BCUT2D eigenvalue weighted by Crippen LogP contribution is -2.57. The van der Waals surface area contributed by atoms with Gasteiger partial charge in [0.15, 0.2) is 0 Å². The maximum Gasteiger partial charge on any atom is 0.290 e. The number of nitrogens with one attached hydrogen (secondary N) is 4. The number of Topliss-reactive ketones (excluding diaryl/α,β-unsaturated/α-hetero) is 1. The topological polar surface area (TPSA) is 223 Å². The van der Waals surface area contributed by atoms with Gasteiger partial charge in [-0.05, 0) is 62.9 Å². The second kappa shape index (κ2) is 19.0. The van der Waals surface area contributed by atoms with Crippen LogP contribution in [-0.2, 0) is 43.5 Å². The van der Waals surface area contributed by atoms with Crippen molar-refractivity contribution in [1.29, 1.82) is 0 Å². The summed E-state index contributed by atoms with van der Waals surface area (Å²) in [5.74, 6) is -6.55. The maximum absolute atomic E-state index is 14.1. The van der Waals surface area contributed by atoms with E-state index in [1.807, 2.05) is 6.92 Å². The van der Waals surface area contributed by atoms with E-state index in [2.05, 4.69) is 20.7 Å². The minimum Gasteiger partial charge on any atom is -0.371 e. The molecular formula is C37H51FN6O9S. The summed E-state index contributed by atoms with van der Waals surface area (Å²) in [6.07, 6.45) is 0.474. The van der Waals surface area contributed by atoms with Crippen molar-refractivity contribution < 1.29 is 46.3 Å². The fourth-order valence-corrected chi connectivity index (χ4v) is 7.24. The lowest BCUT2D eigenvalue weighted by molar-refractivity contribution is -0.143. The number of amides is 5. The highest BCUT2D eigenvalue weighted by molar-refractivity contribution is 7.89. The van der Waals surface area contributed by atoms with E-state index in [0.29, 0.717) is 18.4 Å². The number of ketones is 1. The number of likely N-dealkylation sites (tertiary alicyclic amines) is 1. The molecule has 1 heterocycles. The van der Waals surface area contributed by atoms with Crippen molar-refractivity contribution in [2.45, 2.75) is 108 Å². The van der Waals surface area contributed by atoms with Crippen LogP contribution in [0.2, 0.25) is 0 Å². The van der Waals surface area contributed by atoms with E-state index in [1.165, 1.54) is 4.90 Å². The fraction of sp³-hybridized carbons (Fsp3) is 0.514. The quantitative estimate of drug-likeness (QED) is 0.139. The molecule has 1 saturated heterocycles. The van der Waals surface area contributed by atoms with Crippen LogP contribution in [0.4, 0.5) is 4.39 Å². The van der Waals surface area contributed by atoms with Crippen LogP contribution in [0.5, 0.6) is 0 Å². The van der Waals surface area contributed by atoms with Crippen molar-refractivity contribution in [3.8, 4) is 0 Å². The van der Waals surface area contributed by atoms with Gasteiger partial charge < -0.3 is 31.3 Å². The molecule has 0 aliphatic carbocycles. The highest BCUT2D eigenvalue weighted by atomic mass is 32.2. The van der Waals surface area contributed by atoms with E-state index >= 15 is 0 Å². The number of primary amides is 1. The fourth-order valence-electron chi connectivity index (χ4n) is 5.90. The molecule has 1 fully saturated rings. The predicted octanol–water partition coefficient (Wildman–Crippen LogP) is 1.62. The van der Waals surface area contributed by atoms with Crippen LogP contribution in [0.25, 0.3) is 0 Å². The summed E-state index contributed by atoms with van der Waals surface area (Å²) < 4.78 is 48.5. The molecule has 15 nitrogen and oxygen atoms in total. The molecule has 0 spiro atoms. The molecular weight excluding hydrogens is 724 g/mol. The average molecular weight is 775 g/mol. The van der Waals surface area contributed by atoms with Gasteiger partial charge in [0.1, 0.15) is 23.9 Å². The monoisotopic (exact) mass is 774 g/mol. The molecule has 2 aromatic carbocycles. The molecule has 296 valence electrons. The smallest absolute Gasteiger partial charge is 0.290 e. The van der Waals surface area contributed by atoms with Gasteiger partial charge in [0.05, 0.1) is 29.2 Å². The van der Waals surface area contributed by atoms with Gasteiger partial charge in [0.2, 0.25) is 39.4 Å². The number of hydrogen-bond donors (Lipinski definition) is 5. The Bertz CT molecular complexity index is 1770. The van der Waals surface area contributed by atoms with Gasteiger partial charge in [-0.25, -0.2) is 12.8 Å². The first-order chi connectivity index (χ1) is 25.2. The molecule has 0 saturated carbocycles. The van der Waals surface area contributed by atoms with E-state index in [4.69, 9.17) is 10.5 Å². The molecule has 1 unspecified atom stereocenters. The summed E-state index contributed by atoms with van der Waals surface area (Å²) >= 11 is 0. The summed E-state index contributed by atoms with van der Waals surface area (Å²) in [7, 11) is -4.30.